The quantitative estimate of drug-likeness (QED) is 0.0751. The second-order valence-electron chi connectivity index (χ2n) is 9.41. The number of nitrogens with zero attached hydrogens (tertiary/aromatic N) is 1. The van der Waals surface area contributed by atoms with Gasteiger partial charge in [-0.3, -0.25) is 9.69 Å². The SMILES string of the molecule is Cl.O=C(SCc1cccc(OCCN(CC(O)C(O)C(O)C(O)CO)CC(O)C(O)C(O)C(O)CO)c1)c1ccco1. The first-order valence-electron chi connectivity index (χ1n) is 12.8. The maximum Gasteiger partial charge on any atom is 0.254 e. The molecule has 0 aliphatic carbocycles. The van der Waals surface area contributed by atoms with E-state index in [1.165, 1.54) is 11.2 Å². The normalized spacial score (nSPS) is 17.4. The van der Waals surface area contributed by atoms with Crippen molar-refractivity contribution >= 4 is 29.3 Å². The Kier molecular flexibility index (Phi) is 17.7. The number of carbonyl (C=O) groups excluding carboxylic acids is 1. The van der Waals surface area contributed by atoms with Crippen molar-refractivity contribution in [2.45, 2.75) is 54.6 Å². The van der Waals surface area contributed by atoms with E-state index in [9.17, 15) is 45.6 Å². The van der Waals surface area contributed by atoms with E-state index in [0.717, 1.165) is 17.3 Å². The predicted molar refractivity (Wildman–Crippen MR) is 152 cm³/mol. The number of carbonyl (C=O) groups is 1. The van der Waals surface area contributed by atoms with E-state index in [0.29, 0.717) is 11.5 Å². The van der Waals surface area contributed by atoms with Gasteiger partial charge < -0.3 is 60.2 Å². The maximum absolute atomic E-state index is 12.1. The minimum Gasteiger partial charge on any atom is -0.492 e. The van der Waals surface area contributed by atoms with Crippen molar-refractivity contribution < 1.29 is 65.0 Å². The van der Waals surface area contributed by atoms with E-state index < -0.39 is 75.1 Å². The van der Waals surface area contributed by atoms with Crippen LogP contribution in [-0.4, -0.2) is 149 Å². The van der Waals surface area contributed by atoms with Gasteiger partial charge in [0.2, 0.25) is 0 Å². The molecular formula is C26H40ClNO13S. The Balaban J connectivity index is 0.00000882. The molecule has 0 aliphatic heterocycles. The number of aliphatic hydroxyl groups excluding tert-OH is 10. The summed E-state index contributed by atoms with van der Waals surface area (Å²) in [6, 6.07) is 10.1. The third-order valence-electron chi connectivity index (χ3n) is 6.21. The molecule has 16 heteroatoms. The summed E-state index contributed by atoms with van der Waals surface area (Å²) in [6.07, 6.45) is -12.9. The summed E-state index contributed by atoms with van der Waals surface area (Å²) in [4.78, 5) is 13.5. The van der Waals surface area contributed by atoms with Crippen LogP contribution in [-0.2, 0) is 5.75 Å². The first-order valence-corrected chi connectivity index (χ1v) is 13.8. The zero-order valence-electron chi connectivity index (χ0n) is 22.6. The van der Waals surface area contributed by atoms with Gasteiger partial charge in [0.1, 0.15) is 49.0 Å². The lowest BCUT2D eigenvalue weighted by Crippen LogP contribution is -2.53. The highest BCUT2D eigenvalue weighted by atomic mass is 35.5. The average Bonchev–Trinajstić information content (AvgIpc) is 3.53. The van der Waals surface area contributed by atoms with E-state index in [2.05, 4.69) is 0 Å². The molecule has 1 aromatic heterocycles. The van der Waals surface area contributed by atoms with Crippen molar-refractivity contribution in [1.82, 2.24) is 4.90 Å². The van der Waals surface area contributed by atoms with Gasteiger partial charge >= 0.3 is 0 Å². The minimum atomic E-state index is -1.89. The van der Waals surface area contributed by atoms with Crippen LogP contribution in [0.15, 0.2) is 47.1 Å². The van der Waals surface area contributed by atoms with Crippen molar-refractivity contribution in [3.8, 4) is 5.75 Å². The molecule has 10 N–H and O–H groups in total. The number of rotatable bonds is 19. The van der Waals surface area contributed by atoms with Crippen LogP contribution >= 0.6 is 24.2 Å². The van der Waals surface area contributed by atoms with Crippen LogP contribution in [0.5, 0.6) is 5.75 Å². The third kappa shape index (κ3) is 12.0. The molecule has 0 radical (unpaired) electrons. The fraction of sp³-hybridized carbons (Fsp3) is 0.577. The largest absolute Gasteiger partial charge is 0.492 e. The Bertz CT molecular complexity index is 990. The molecule has 42 heavy (non-hydrogen) atoms. The summed E-state index contributed by atoms with van der Waals surface area (Å²) < 4.78 is 10.8. The predicted octanol–water partition coefficient (Wildman–Crippen LogP) is -2.67. The molecule has 1 aromatic carbocycles. The van der Waals surface area contributed by atoms with Crippen molar-refractivity contribution in [2.75, 3.05) is 39.5 Å². The number of thioether (sulfide) groups is 1. The summed E-state index contributed by atoms with van der Waals surface area (Å²) in [6.45, 7) is -2.60. The fourth-order valence-electron chi connectivity index (χ4n) is 3.76. The van der Waals surface area contributed by atoms with E-state index in [-0.39, 0.29) is 36.4 Å². The van der Waals surface area contributed by atoms with Crippen LogP contribution < -0.4 is 4.74 Å². The van der Waals surface area contributed by atoms with Crippen molar-refractivity contribution in [3.05, 3.63) is 54.0 Å². The molecule has 0 fully saturated rings. The standard InChI is InChI=1S/C26H39NO13S.ClH/c28-12-19(32)24(36)22(34)17(30)10-27(11-18(31)23(35)25(37)20(33)13-29)6-8-39-16-4-1-3-15(9-16)14-41-26(38)21-5-2-7-40-21;/h1-5,7,9,17-20,22-25,28-37H,6,8,10-14H2;1H. The molecule has 14 nitrogen and oxygen atoms in total. The van der Waals surface area contributed by atoms with Crippen LogP contribution in [0.3, 0.4) is 0 Å². The molecule has 1 heterocycles. The first kappa shape index (κ1) is 38.2. The van der Waals surface area contributed by atoms with Crippen LogP contribution in [0, 0.1) is 0 Å². The molecule has 0 saturated carbocycles. The average molecular weight is 642 g/mol. The van der Waals surface area contributed by atoms with Crippen LogP contribution in [0.4, 0.5) is 0 Å². The molecule has 8 atom stereocenters. The first-order chi connectivity index (χ1) is 19.5. The summed E-state index contributed by atoms with van der Waals surface area (Å²) in [5.74, 6) is 1.03. The Morgan fingerprint density at radius 1 is 0.810 bits per heavy atom. The molecule has 0 spiro atoms. The second-order valence-corrected chi connectivity index (χ2v) is 10.4. The topological polar surface area (TPSA) is 245 Å². The van der Waals surface area contributed by atoms with Crippen molar-refractivity contribution in [1.29, 1.82) is 0 Å². The lowest BCUT2D eigenvalue weighted by atomic mass is 10.0. The Labute approximate surface area is 252 Å². The van der Waals surface area contributed by atoms with Gasteiger partial charge in [-0.25, -0.2) is 0 Å². The van der Waals surface area contributed by atoms with Gasteiger partial charge in [-0.15, -0.1) is 12.4 Å². The molecule has 0 bridgehead atoms. The summed E-state index contributed by atoms with van der Waals surface area (Å²) in [5, 5.41) is 97.9. The number of ether oxygens (including phenoxy) is 1. The number of aliphatic hydroxyl groups is 10. The molecular weight excluding hydrogens is 602 g/mol. The molecule has 2 rings (SSSR count). The number of hydrogen-bond acceptors (Lipinski definition) is 15. The highest BCUT2D eigenvalue weighted by Gasteiger charge is 2.34. The highest BCUT2D eigenvalue weighted by molar-refractivity contribution is 8.13. The molecule has 0 saturated heterocycles. The monoisotopic (exact) mass is 641 g/mol. The van der Waals surface area contributed by atoms with Crippen LogP contribution in [0.2, 0.25) is 0 Å². The number of hydrogen-bond donors (Lipinski definition) is 10. The van der Waals surface area contributed by atoms with E-state index in [1.807, 2.05) is 0 Å². The minimum absolute atomic E-state index is 0. The lowest BCUT2D eigenvalue weighted by molar-refractivity contribution is -0.130. The van der Waals surface area contributed by atoms with Gasteiger partial charge in [0.25, 0.3) is 5.12 Å². The van der Waals surface area contributed by atoms with Crippen LogP contribution in [0.25, 0.3) is 0 Å². The van der Waals surface area contributed by atoms with E-state index in [1.54, 1.807) is 36.4 Å². The second kappa shape index (κ2) is 19.4. The van der Waals surface area contributed by atoms with Gasteiger partial charge in [-0.05, 0) is 29.8 Å². The Morgan fingerprint density at radius 2 is 1.36 bits per heavy atom. The van der Waals surface area contributed by atoms with Gasteiger partial charge in [0, 0.05) is 25.4 Å². The fourth-order valence-corrected chi connectivity index (χ4v) is 4.50. The summed E-state index contributed by atoms with van der Waals surface area (Å²) >= 11 is 1.05. The van der Waals surface area contributed by atoms with E-state index in [4.69, 9.17) is 19.4 Å². The smallest absolute Gasteiger partial charge is 0.254 e. The number of furan rings is 1. The summed E-state index contributed by atoms with van der Waals surface area (Å²) in [7, 11) is 0. The zero-order chi connectivity index (χ0) is 30.5. The van der Waals surface area contributed by atoms with Crippen molar-refractivity contribution in [3.63, 3.8) is 0 Å². The molecule has 8 unspecified atom stereocenters. The zero-order valence-corrected chi connectivity index (χ0v) is 24.2. The number of halogens is 1. The third-order valence-corrected chi connectivity index (χ3v) is 7.15. The van der Waals surface area contributed by atoms with Crippen LogP contribution in [0.1, 0.15) is 16.1 Å². The van der Waals surface area contributed by atoms with Gasteiger partial charge in [-0.1, -0.05) is 23.9 Å². The Morgan fingerprint density at radius 3 is 1.86 bits per heavy atom. The lowest BCUT2D eigenvalue weighted by Gasteiger charge is -2.33. The number of benzene rings is 1. The molecule has 240 valence electrons. The van der Waals surface area contributed by atoms with Gasteiger partial charge in [0.15, 0.2) is 5.76 Å². The van der Waals surface area contributed by atoms with Gasteiger partial charge in [0.05, 0.1) is 31.7 Å². The van der Waals surface area contributed by atoms with Crippen molar-refractivity contribution in [2.24, 2.45) is 0 Å². The maximum atomic E-state index is 12.1. The van der Waals surface area contributed by atoms with E-state index >= 15 is 0 Å². The molecule has 2 aromatic rings. The summed E-state index contributed by atoms with van der Waals surface area (Å²) in [5.41, 5.74) is 0.786. The Hall–Kier alpha value is -1.83. The molecule has 0 aliphatic rings. The highest BCUT2D eigenvalue weighted by Crippen LogP contribution is 2.21. The van der Waals surface area contributed by atoms with Gasteiger partial charge in [-0.2, -0.15) is 0 Å². The molecule has 0 amide bonds.